The number of halogens is 2. The number of piperidine rings is 1. The molecule has 25 heavy (non-hydrogen) atoms. The van der Waals surface area contributed by atoms with E-state index < -0.39 is 22.1 Å². The van der Waals surface area contributed by atoms with Crippen LogP contribution in [-0.2, 0) is 10.0 Å². The van der Waals surface area contributed by atoms with Gasteiger partial charge in [0.15, 0.2) is 0 Å². The summed E-state index contributed by atoms with van der Waals surface area (Å²) in [6.07, 6.45) is 2.60. The Morgan fingerprint density at radius 3 is 2.60 bits per heavy atom. The maximum Gasteiger partial charge on any atom is 0.242 e. The molecule has 0 amide bonds. The van der Waals surface area contributed by atoms with Gasteiger partial charge >= 0.3 is 0 Å². The number of fused-ring (bicyclic) bond motifs is 1. The van der Waals surface area contributed by atoms with Gasteiger partial charge in [-0.05, 0) is 12.8 Å². The maximum atomic E-state index is 13.2. The van der Waals surface area contributed by atoms with Gasteiger partial charge in [0.25, 0.3) is 0 Å². The molecular weight excluding hydrogens is 354 g/mol. The average Bonchev–Trinajstić information content (AvgIpc) is 2.84. The topological polar surface area (TPSA) is 106 Å². The Morgan fingerprint density at radius 1 is 1.40 bits per heavy atom. The fourth-order valence-corrected chi connectivity index (χ4v) is 3.35. The van der Waals surface area contributed by atoms with E-state index in [1.54, 1.807) is 0 Å². The second-order valence-corrected chi connectivity index (χ2v) is 8.17. The molecule has 0 saturated carbocycles. The van der Waals surface area contributed by atoms with Crippen molar-refractivity contribution < 1.29 is 17.2 Å². The standard InChI is InChI=1S/C8H10FN5.C6H12FNO2S/c1-4(2)7-12-6(9)5-3-11-8(10)13-14(5)7;1-11(9,10)8-4-2-3-6(7)5-8/h3-4H,1-2H3,(H2,10,13);6H,2-5H2,1H3. The van der Waals surface area contributed by atoms with E-state index in [0.717, 1.165) is 6.26 Å². The summed E-state index contributed by atoms with van der Waals surface area (Å²) in [5.41, 5.74) is 5.66. The lowest BCUT2D eigenvalue weighted by atomic mass is 10.1. The van der Waals surface area contributed by atoms with Crippen molar-refractivity contribution in [3.8, 4) is 0 Å². The minimum Gasteiger partial charge on any atom is -0.367 e. The number of nitrogens with two attached hydrogens (primary N) is 1. The zero-order chi connectivity index (χ0) is 18.8. The zero-order valence-electron chi connectivity index (χ0n) is 14.4. The van der Waals surface area contributed by atoms with Crippen molar-refractivity contribution >= 4 is 21.5 Å². The van der Waals surface area contributed by atoms with Gasteiger partial charge in [-0.1, -0.05) is 13.8 Å². The molecular formula is C14H22F2N6O2S. The summed E-state index contributed by atoms with van der Waals surface area (Å²) in [6, 6.07) is 0. The Bertz CT molecular complexity index is 839. The van der Waals surface area contributed by atoms with Gasteiger partial charge in [-0.3, -0.25) is 0 Å². The molecule has 0 radical (unpaired) electrons. The zero-order valence-corrected chi connectivity index (χ0v) is 15.2. The smallest absolute Gasteiger partial charge is 0.242 e. The predicted molar refractivity (Wildman–Crippen MR) is 89.8 cm³/mol. The van der Waals surface area contributed by atoms with Gasteiger partial charge in [-0.15, -0.1) is 5.10 Å². The number of rotatable bonds is 2. The lowest BCUT2D eigenvalue weighted by Gasteiger charge is -2.26. The van der Waals surface area contributed by atoms with Gasteiger partial charge in [0, 0.05) is 19.0 Å². The molecule has 2 aromatic heterocycles. The molecule has 1 atom stereocenters. The number of aromatic nitrogens is 4. The van der Waals surface area contributed by atoms with E-state index in [1.165, 1.54) is 15.0 Å². The van der Waals surface area contributed by atoms with Crippen LogP contribution in [0.4, 0.5) is 14.7 Å². The summed E-state index contributed by atoms with van der Waals surface area (Å²) >= 11 is 0. The summed E-state index contributed by atoms with van der Waals surface area (Å²) in [7, 11) is -3.17. The monoisotopic (exact) mass is 376 g/mol. The van der Waals surface area contributed by atoms with Crippen molar-refractivity contribution in [2.45, 2.75) is 38.8 Å². The lowest BCUT2D eigenvalue weighted by molar-refractivity contribution is 0.203. The van der Waals surface area contributed by atoms with Crippen LogP contribution in [0.5, 0.6) is 0 Å². The highest BCUT2D eigenvalue weighted by Gasteiger charge is 2.25. The Hall–Kier alpha value is -1.88. The van der Waals surface area contributed by atoms with Crippen LogP contribution in [0.15, 0.2) is 6.20 Å². The van der Waals surface area contributed by atoms with E-state index in [9.17, 15) is 17.2 Å². The minimum absolute atomic E-state index is 0.0405. The van der Waals surface area contributed by atoms with Crippen LogP contribution in [0.2, 0.25) is 0 Å². The first-order chi connectivity index (χ1) is 11.6. The number of sulfonamides is 1. The third kappa shape index (κ3) is 4.82. The van der Waals surface area contributed by atoms with Gasteiger partial charge < -0.3 is 5.73 Å². The molecule has 8 nitrogen and oxygen atoms in total. The highest BCUT2D eigenvalue weighted by Crippen LogP contribution is 2.17. The highest BCUT2D eigenvalue weighted by atomic mass is 32.2. The molecule has 2 aromatic rings. The summed E-state index contributed by atoms with van der Waals surface area (Å²) in [6.45, 7) is 4.33. The molecule has 2 N–H and O–H groups in total. The quantitative estimate of drug-likeness (QED) is 0.848. The van der Waals surface area contributed by atoms with Crippen LogP contribution in [-0.4, -0.2) is 57.8 Å². The average molecular weight is 376 g/mol. The molecule has 140 valence electrons. The molecule has 0 spiro atoms. The first-order valence-corrected chi connectivity index (χ1v) is 9.70. The van der Waals surface area contributed by atoms with Crippen LogP contribution in [0.25, 0.3) is 5.52 Å². The van der Waals surface area contributed by atoms with Gasteiger partial charge in [-0.2, -0.15) is 8.70 Å². The van der Waals surface area contributed by atoms with Crippen LogP contribution in [0.1, 0.15) is 38.4 Å². The van der Waals surface area contributed by atoms with Crippen molar-refractivity contribution in [2.75, 3.05) is 25.1 Å². The van der Waals surface area contributed by atoms with E-state index in [-0.39, 0.29) is 23.9 Å². The van der Waals surface area contributed by atoms with Crippen molar-refractivity contribution in [3.05, 3.63) is 18.0 Å². The Labute approximate surface area is 145 Å². The first-order valence-electron chi connectivity index (χ1n) is 7.85. The second-order valence-electron chi connectivity index (χ2n) is 6.19. The molecule has 1 fully saturated rings. The predicted octanol–water partition coefficient (Wildman–Crippen LogP) is 1.35. The van der Waals surface area contributed by atoms with E-state index >= 15 is 0 Å². The summed E-state index contributed by atoms with van der Waals surface area (Å²) in [5, 5.41) is 3.90. The van der Waals surface area contributed by atoms with E-state index in [4.69, 9.17) is 5.73 Å². The third-order valence-corrected chi connectivity index (χ3v) is 4.97. The number of anilines is 1. The SMILES string of the molecule is CC(C)c1nc(F)c2cnc(N)nn12.CS(=O)(=O)N1CCCC(F)C1. The molecule has 0 aliphatic carbocycles. The van der Waals surface area contributed by atoms with Crippen LogP contribution in [0.3, 0.4) is 0 Å². The van der Waals surface area contributed by atoms with Gasteiger partial charge in [0.1, 0.15) is 17.5 Å². The van der Waals surface area contributed by atoms with Crippen LogP contribution in [0, 0.1) is 5.95 Å². The fraction of sp³-hybridized carbons (Fsp3) is 0.643. The third-order valence-electron chi connectivity index (χ3n) is 3.70. The molecule has 1 aliphatic heterocycles. The fourth-order valence-electron chi connectivity index (χ4n) is 2.45. The number of hydrogen-bond donors (Lipinski definition) is 1. The normalized spacial score (nSPS) is 19.0. The van der Waals surface area contributed by atoms with Crippen LogP contribution < -0.4 is 5.73 Å². The molecule has 1 saturated heterocycles. The molecule has 3 heterocycles. The first kappa shape index (κ1) is 19.4. The summed E-state index contributed by atoms with van der Waals surface area (Å²) in [4.78, 5) is 7.48. The lowest BCUT2D eigenvalue weighted by Crippen LogP contribution is -2.39. The Balaban J connectivity index is 0.000000186. The van der Waals surface area contributed by atoms with Gasteiger partial charge in [0.05, 0.1) is 12.5 Å². The minimum atomic E-state index is -3.17. The number of hydrogen-bond acceptors (Lipinski definition) is 6. The van der Waals surface area contributed by atoms with Gasteiger partial charge in [-0.25, -0.2) is 27.3 Å². The van der Waals surface area contributed by atoms with E-state index in [2.05, 4.69) is 15.1 Å². The number of nitrogens with zero attached hydrogens (tertiary/aromatic N) is 5. The van der Waals surface area contributed by atoms with Gasteiger partial charge in [0.2, 0.25) is 21.9 Å². The van der Waals surface area contributed by atoms with E-state index in [1.807, 2.05) is 13.8 Å². The maximum absolute atomic E-state index is 13.2. The number of nitrogen functional groups attached to an aromatic ring is 1. The van der Waals surface area contributed by atoms with Crippen molar-refractivity contribution in [1.29, 1.82) is 0 Å². The van der Waals surface area contributed by atoms with Crippen molar-refractivity contribution in [3.63, 3.8) is 0 Å². The summed E-state index contributed by atoms with van der Waals surface area (Å²) < 4.78 is 50.3. The van der Waals surface area contributed by atoms with E-state index in [0.29, 0.717) is 25.2 Å². The Morgan fingerprint density at radius 2 is 2.08 bits per heavy atom. The van der Waals surface area contributed by atoms with Crippen LogP contribution >= 0.6 is 0 Å². The Kier molecular flexibility index (Phi) is 5.88. The summed E-state index contributed by atoms with van der Waals surface area (Å²) in [5.74, 6) is 0.179. The van der Waals surface area contributed by atoms with Crippen molar-refractivity contribution in [1.82, 2.24) is 23.9 Å². The largest absolute Gasteiger partial charge is 0.367 e. The molecule has 0 bridgehead atoms. The number of imidazole rings is 1. The molecule has 1 unspecified atom stereocenters. The molecule has 11 heteroatoms. The highest BCUT2D eigenvalue weighted by molar-refractivity contribution is 7.88. The molecule has 3 rings (SSSR count). The second kappa shape index (κ2) is 7.56. The van der Waals surface area contributed by atoms with Crippen molar-refractivity contribution in [2.24, 2.45) is 0 Å². The number of alkyl halides is 1. The molecule has 0 aromatic carbocycles. The molecule has 1 aliphatic rings.